The Morgan fingerprint density at radius 3 is 2.74 bits per heavy atom. The lowest BCUT2D eigenvalue weighted by Crippen LogP contribution is -2.27. The lowest BCUT2D eigenvalue weighted by molar-refractivity contribution is 0.0635. The molecule has 0 radical (unpaired) electrons. The molecule has 0 atom stereocenters. The van der Waals surface area contributed by atoms with Crippen LogP contribution in [0.3, 0.4) is 0 Å². The SMILES string of the molecule is CC(C)(C)OC(=O)Nc1ncnc2ccc(Cl)nc12. The molecule has 0 fully saturated rings. The van der Waals surface area contributed by atoms with Gasteiger partial charge in [0.15, 0.2) is 5.82 Å². The molecule has 19 heavy (non-hydrogen) atoms. The highest BCUT2D eigenvalue weighted by molar-refractivity contribution is 6.29. The van der Waals surface area contributed by atoms with Crippen molar-refractivity contribution in [1.29, 1.82) is 0 Å². The highest BCUT2D eigenvalue weighted by Gasteiger charge is 2.18. The van der Waals surface area contributed by atoms with Gasteiger partial charge in [-0.2, -0.15) is 0 Å². The molecule has 100 valence electrons. The summed E-state index contributed by atoms with van der Waals surface area (Å²) < 4.78 is 5.15. The number of ether oxygens (including phenoxy) is 1. The number of hydrogen-bond donors (Lipinski definition) is 1. The third-order valence-electron chi connectivity index (χ3n) is 2.07. The Morgan fingerprint density at radius 2 is 2.05 bits per heavy atom. The Labute approximate surface area is 115 Å². The number of pyridine rings is 1. The van der Waals surface area contributed by atoms with Gasteiger partial charge in [0, 0.05) is 0 Å². The second kappa shape index (κ2) is 4.97. The van der Waals surface area contributed by atoms with Crippen molar-refractivity contribution in [2.75, 3.05) is 5.32 Å². The molecule has 1 N–H and O–H groups in total. The van der Waals surface area contributed by atoms with Gasteiger partial charge < -0.3 is 4.74 Å². The predicted molar refractivity (Wildman–Crippen MR) is 72.2 cm³/mol. The number of amides is 1. The number of halogens is 1. The van der Waals surface area contributed by atoms with E-state index in [1.807, 2.05) is 0 Å². The quantitative estimate of drug-likeness (QED) is 0.813. The molecule has 0 aromatic carbocycles. The number of nitrogens with zero attached hydrogens (tertiary/aromatic N) is 3. The minimum atomic E-state index is -0.603. The number of rotatable bonds is 1. The molecule has 2 heterocycles. The molecule has 2 aromatic heterocycles. The summed E-state index contributed by atoms with van der Waals surface area (Å²) in [7, 11) is 0. The van der Waals surface area contributed by atoms with Crippen LogP contribution in [0.15, 0.2) is 18.5 Å². The van der Waals surface area contributed by atoms with Crippen molar-refractivity contribution in [1.82, 2.24) is 15.0 Å². The molecule has 7 heteroatoms. The van der Waals surface area contributed by atoms with E-state index < -0.39 is 11.7 Å². The van der Waals surface area contributed by atoms with E-state index in [0.717, 1.165) is 0 Å². The number of hydrogen-bond acceptors (Lipinski definition) is 5. The van der Waals surface area contributed by atoms with Crippen LogP contribution in [-0.4, -0.2) is 26.6 Å². The molecule has 2 aromatic rings. The monoisotopic (exact) mass is 280 g/mol. The number of nitrogens with one attached hydrogen (secondary N) is 1. The summed E-state index contributed by atoms with van der Waals surface area (Å²) in [5, 5.41) is 2.84. The Morgan fingerprint density at radius 1 is 1.32 bits per heavy atom. The average Bonchev–Trinajstić information content (AvgIpc) is 2.27. The van der Waals surface area contributed by atoms with Crippen LogP contribution in [0, 0.1) is 0 Å². The fraction of sp³-hybridized carbons (Fsp3) is 0.333. The van der Waals surface area contributed by atoms with Crippen LogP contribution in [0.1, 0.15) is 20.8 Å². The Kier molecular flexibility index (Phi) is 3.53. The van der Waals surface area contributed by atoms with Crippen LogP contribution in [0.25, 0.3) is 11.0 Å². The molecule has 0 aliphatic heterocycles. The van der Waals surface area contributed by atoms with Gasteiger partial charge in [0.2, 0.25) is 0 Å². The molecule has 6 nitrogen and oxygen atoms in total. The zero-order valence-electron chi connectivity index (χ0n) is 10.8. The van der Waals surface area contributed by atoms with Gasteiger partial charge in [-0.25, -0.2) is 19.7 Å². The average molecular weight is 281 g/mol. The highest BCUT2D eigenvalue weighted by atomic mass is 35.5. The van der Waals surface area contributed by atoms with E-state index in [1.54, 1.807) is 32.9 Å². The molecular weight excluding hydrogens is 268 g/mol. The summed E-state index contributed by atoms with van der Waals surface area (Å²) >= 11 is 5.82. The van der Waals surface area contributed by atoms with Gasteiger partial charge in [-0.1, -0.05) is 11.6 Å². The van der Waals surface area contributed by atoms with E-state index in [2.05, 4.69) is 20.3 Å². The molecular formula is C12H13ClN4O2. The molecule has 0 spiro atoms. The maximum absolute atomic E-state index is 11.7. The van der Waals surface area contributed by atoms with E-state index >= 15 is 0 Å². The van der Waals surface area contributed by atoms with Crippen LogP contribution in [-0.2, 0) is 4.74 Å². The second-order valence-electron chi connectivity index (χ2n) is 4.85. The Balaban J connectivity index is 2.30. The number of anilines is 1. The summed E-state index contributed by atoms with van der Waals surface area (Å²) in [5.41, 5.74) is 0.421. The fourth-order valence-electron chi connectivity index (χ4n) is 1.41. The largest absolute Gasteiger partial charge is 0.444 e. The summed E-state index contributed by atoms with van der Waals surface area (Å²) in [6.45, 7) is 5.33. The van der Waals surface area contributed by atoms with Crippen LogP contribution in [0.4, 0.5) is 10.6 Å². The summed E-state index contributed by atoms with van der Waals surface area (Å²) in [6, 6.07) is 3.32. The first-order valence-corrected chi connectivity index (χ1v) is 6.00. The topological polar surface area (TPSA) is 77.0 Å². The minimum Gasteiger partial charge on any atom is -0.444 e. The third kappa shape index (κ3) is 3.51. The van der Waals surface area contributed by atoms with Gasteiger partial charge in [0.05, 0.1) is 5.52 Å². The minimum absolute atomic E-state index is 0.266. The van der Waals surface area contributed by atoms with Gasteiger partial charge in [0.25, 0.3) is 0 Å². The molecule has 0 aliphatic carbocycles. The molecule has 0 saturated carbocycles. The van der Waals surface area contributed by atoms with Gasteiger partial charge in [0.1, 0.15) is 22.6 Å². The predicted octanol–water partition coefficient (Wildman–Crippen LogP) is 3.03. The second-order valence-corrected chi connectivity index (χ2v) is 5.24. The zero-order valence-corrected chi connectivity index (χ0v) is 11.5. The van der Waals surface area contributed by atoms with Crippen molar-refractivity contribution >= 4 is 34.5 Å². The van der Waals surface area contributed by atoms with Gasteiger partial charge >= 0.3 is 6.09 Å². The van der Waals surface area contributed by atoms with E-state index in [9.17, 15) is 4.79 Å². The van der Waals surface area contributed by atoms with Crippen molar-refractivity contribution in [2.24, 2.45) is 0 Å². The highest BCUT2D eigenvalue weighted by Crippen LogP contribution is 2.20. The smallest absolute Gasteiger partial charge is 0.413 e. The first-order chi connectivity index (χ1) is 8.85. The number of carbonyl (C=O) groups is 1. The first kappa shape index (κ1) is 13.5. The molecule has 2 rings (SSSR count). The standard InChI is InChI=1S/C12H13ClN4O2/c1-12(2,3)19-11(18)17-10-9-7(14-6-15-10)4-5-8(13)16-9/h4-6H,1-3H3,(H,14,15,17,18). The number of carbonyl (C=O) groups excluding carboxylic acids is 1. The number of fused-ring (bicyclic) bond motifs is 1. The molecule has 0 aliphatic rings. The maximum atomic E-state index is 11.7. The van der Waals surface area contributed by atoms with Crippen molar-refractivity contribution in [3.05, 3.63) is 23.6 Å². The number of aromatic nitrogens is 3. The molecule has 0 unspecified atom stereocenters. The van der Waals surface area contributed by atoms with E-state index in [-0.39, 0.29) is 5.82 Å². The molecule has 1 amide bonds. The van der Waals surface area contributed by atoms with Crippen molar-refractivity contribution < 1.29 is 9.53 Å². The van der Waals surface area contributed by atoms with Gasteiger partial charge in [-0.15, -0.1) is 0 Å². The van der Waals surface area contributed by atoms with E-state index in [0.29, 0.717) is 16.2 Å². The lowest BCUT2D eigenvalue weighted by Gasteiger charge is -2.19. The van der Waals surface area contributed by atoms with Gasteiger partial charge in [-0.05, 0) is 32.9 Å². The van der Waals surface area contributed by atoms with Crippen LogP contribution in [0.2, 0.25) is 5.15 Å². The lowest BCUT2D eigenvalue weighted by atomic mass is 10.2. The van der Waals surface area contributed by atoms with Crippen LogP contribution in [0.5, 0.6) is 0 Å². The summed E-state index contributed by atoms with van der Waals surface area (Å²) in [6.07, 6.45) is 0.735. The van der Waals surface area contributed by atoms with Gasteiger partial charge in [-0.3, -0.25) is 5.32 Å². The maximum Gasteiger partial charge on any atom is 0.413 e. The zero-order chi connectivity index (χ0) is 14.0. The van der Waals surface area contributed by atoms with Crippen LogP contribution < -0.4 is 5.32 Å². The normalized spacial score (nSPS) is 11.4. The first-order valence-electron chi connectivity index (χ1n) is 5.62. The van der Waals surface area contributed by atoms with Crippen LogP contribution >= 0.6 is 11.6 Å². The van der Waals surface area contributed by atoms with E-state index in [1.165, 1.54) is 6.33 Å². The molecule has 0 saturated heterocycles. The summed E-state index contributed by atoms with van der Waals surface area (Å²) in [5.74, 6) is 0.266. The molecule has 0 bridgehead atoms. The Hall–Kier alpha value is -1.95. The summed E-state index contributed by atoms with van der Waals surface area (Å²) in [4.78, 5) is 23.8. The fourth-order valence-corrected chi connectivity index (χ4v) is 1.56. The van der Waals surface area contributed by atoms with Crippen molar-refractivity contribution in [2.45, 2.75) is 26.4 Å². The third-order valence-corrected chi connectivity index (χ3v) is 2.28. The van der Waals surface area contributed by atoms with Crippen molar-refractivity contribution in [3.63, 3.8) is 0 Å². The van der Waals surface area contributed by atoms with Crippen molar-refractivity contribution in [3.8, 4) is 0 Å². The van der Waals surface area contributed by atoms with E-state index in [4.69, 9.17) is 16.3 Å². The Bertz CT molecular complexity index is 625.